The van der Waals surface area contributed by atoms with Crippen molar-refractivity contribution < 1.29 is 9.47 Å². The Labute approximate surface area is 613 Å². The molecule has 0 amide bonds. The fraction of sp³-hybridized carbons (Fsp3) is 0.0204. The molecule has 0 radical (unpaired) electrons. The molecule has 4 aliphatic rings. The first-order valence-electron chi connectivity index (χ1n) is 35.9. The molecule has 494 valence electrons. The van der Waals surface area contributed by atoms with Gasteiger partial charge in [0, 0.05) is 55.6 Å². The molecule has 106 heavy (non-hydrogen) atoms. The fourth-order valence-electron chi connectivity index (χ4n) is 17.2. The smallest absolute Gasteiger partial charge is 0.164 e. The molecule has 0 bridgehead atoms. The molecule has 21 rings (SSSR count). The molecule has 4 heterocycles. The minimum atomic E-state index is -0.815. The maximum atomic E-state index is 7.08. The van der Waals surface area contributed by atoms with Crippen LogP contribution in [0.25, 0.3) is 135 Å². The van der Waals surface area contributed by atoms with Crippen molar-refractivity contribution in [1.29, 1.82) is 0 Å². The van der Waals surface area contributed by atoms with Gasteiger partial charge in [0.05, 0.1) is 10.8 Å². The lowest BCUT2D eigenvalue weighted by Gasteiger charge is -2.39. The van der Waals surface area contributed by atoms with Crippen LogP contribution in [0.15, 0.2) is 364 Å². The number of aromatic nitrogens is 6. The van der Waals surface area contributed by atoms with Gasteiger partial charge in [-0.25, -0.2) is 29.9 Å². The monoisotopic (exact) mass is 1350 g/mol. The minimum absolute atomic E-state index is 0.556. The van der Waals surface area contributed by atoms with E-state index in [9.17, 15) is 0 Å². The lowest BCUT2D eigenvalue weighted by Crippen LogP contribution is -2.32. The van der Waals surface area contributed by atoms with E-state index in [1.807, 2.05) is 42.5 Å². The predicted molar refractivity (Wildman–Crippen MR) is 422 cm³/mol. The van der Waals surface area contributed by atoms with Crippen LogP contribution < -0.4 is 9.47 Å². The average molecular weight is 1350 g/mol. The SMILES string of the molecule is c1ccc(-c2ccc(-c3nc(-c4ccccc4)nc(-c4ccccc4-c4ccc5c(c4)C4(c6ccccc6O5)c5ccccc5-c5c(-c6cccc(-c7nc(-c8ccccc8)nc(-c8ccccc8-c8ccc9c(c8)C8(c%10ccccc%10O9)c9ccccc9-c9ccccc98)n7)c6)cccc54)n3)cc2)cc1. The van der Waals surface area contributed by atoms with Crippen LogP contribution in [0, 0.1) is 0 Å². The van der Waals surface area contributed by atoms with Crippen molar-refractivity contribution >= 4 is 0 Å². The van der Waals surface area contributed by atoms with E-state index in [0.29, 0.717) is 34.9 Å². The van der Waals surface area contributed by atoms with Crippen molar-refractivity contribution in [3.63, 3.8) is 0 Å². The van der Waals surface area contributed by atoms with E-state index in [0.717, 1.165) is 140 Å². The molecule has 0 fully saturated rings. The largest absolute Gasteiger partial charge is 0.457 e. The van der Waals surface area contributed by atoms with Gasteiger partial charge in [0.2, 0.25) is 0 Å². The second-order valence-electron chi connectivity index (χ2n) is 27.4. The van der Waals surface area contributed by atoms with Crippen molar-refractivity contribution in [2.75, 3.05) is 0 Å². The summed E-state index contributed by atoms with van der Waals surface area (Å²) in [5.41, 5.74) is 26.0. The highest BCUT2D eigenvalue weighted by Gasteiger charge is 2.53. The van der Waals surface area contributed by atoms with E-state index in [-0.39, 0.29) is 0 Å². The molecule has 0 saturated heterocycles. The first-order chi connectivity index (χ1) is 52.5. The van der Waals surface area contributed by atoms with E-state index < -0.39 is 10.8 Å². The number of hydrogen-bond acceptors (Lipinski definition) is 8. The van der Waals surface area contributed by atoms with E-state index in [1.165, 1.54) is 27.8 Å². The molecule has 1 unspecified atom stereocenters. The zero-order valence-corrected chi connectivity index (χ0v) is 57.1. The molecule has 2 aliphatic heterocycles. The normalized spacial score (nSPS) is 14.1. The summed E-state index contributed by atoms with van der Waals surface area (Å²) in [4.78, 5) is 32.1. The van der Waals surface area contributed by atoms with Crippen LogP contribution in [0.4, 0.5) is 0 Å². The summed E-state index contributed by atoms with van der Waals surface area (Å²) in [7, 11) is 0. The Balaban J connectivity index is 0.693. The molecule has 0 N–H and O–H groups in total. The summed E-state index contributed by atoms with van der Waals surface area (Å²) in [5, 5.41) is 0. The topological polar surface area (TPSA) is 95.8 Å². The minimum Gasteiger partial charge on any atom is -0.457 e. The maximum Gasteiger partial charge on any atom is 0.164 e. The van der Waals surface area contributed by atoms with Gasteiger partial charge in [-0.3, -0.25) is 0 Å². The second kappa shape index (κ2) is 24.3. The Morgan fingerprint density at radius 2 is 0.453 bits per heavy atom. The molecule has 1 atom stereocenters. The third kappa shape index (κ3) is 9.41. The highest BCUT2D eigenvalue weighted by atomic mass is 16.5. The van der Waals surface area contributed by atoms with Gasteiger partial charge >= 0.3 is 0 Å². The van der Waals surface area contributed by atoms with E-state index >= 15 is 0 Å². The third-order valence-corrected chi connectivity index (χ3v) is 21.8. The quantitative estimate of drug-likeness (QED) is 0.134. The number of hydrogen-bond donors (Lipinski definition) is 0. The lowest BCUT2D eigenvalue weighted by molar-refractivity contribution is 0.436. The fourth-order valence-corrected chi connectivity index (χ4v) is 17.2. The molecule has 8 nitrogen and oxygen atoms in total. The molecular weight excluding hydrogens is 1290 g/mol. The number of rotatable bonds is 10. The summed E-state index contributed by atoms with van der Waals surface area (Å²) in [5.74, 6) is 6.71. The van der Waals surface area contributed by atoms with Gasteiger partial charge < -0.3 is 9.47 Å². The van der Waals surface area contributed by atoms with Gasteiger partial charge in [0.15, 0.2) is 34.9 Å². The molecule has 15 aromatic carbocycles. The van der Waals surface area contributed by atoms with Crippen molar-refractivity contribution in [3.8, 4) is 158 Å². The summed E-state index contributed by atoms with van der Waals surface area (Å²) >= 11 is 0. The summed E-state index contributed by atoms with van der Waals surface area (Å²) in [6, 6.07) is 129. The molecule has 2 aromatic heterocycles. The number of fused-ring (bicyclic) bond motifs is 18. The predicted octanol–water partition coefficient (Wildman–Crippen LogP) is 23.7. The van der Waals surface area contributed by atoms with Crippen molar-refractivity contribution in [2.24, 2.45) is 0 Å². The zero-order valence-electron chi connectivity index (χ0n) is 57.1. The van der Waals surface area contributed by atoms with Gasteiger partial charge in [-0.1, -0.05) is 322 Å². The number of para-hydroxylation sites is 2. The second-order valence-corrected chi connectivity index (χ2v) is 27.4. The van der Waals surface area contributed by atoms with Crippen molar-refractivity contribution in [1.82, 2.24) is 29.9 Å². The Kier molecular flexibility index (Phi) is 13.9. The van der Waals surface area contributed by atoms with Crippen LogP contribution in [0.1, 0.15) is 44.5 Å². The highest BCUT2D eigenvalue weighted by Crippen LogP contribution is 2.65. The number of nitrogens with zero attached hydrogens (tertiary/aromatic N) is 6. The first kappa shape index (κ1) is 60.7. The summed E-state index contributed by atoms with van der Waals surface area (Å²) < 4.78 is 14.0. The Morgan fingerprint density at radius 3 is 0.962 bits per heavy atom. The molecule has 17 aromatic rings. The third-order valence-electron chi connectivity index (χ3n) is 21.8. The molecule has 2 spiro atoms. The zero-order chi connectivity index (χ0) is 69.9. The molecule has 8 heteroatoms. The van der Waals surface area contributed by atoms with Crippen LogP contribution in [-0.4, -0.2) is 29.9 Å². The number of ether oxygens (including phenoxy) is 2. The summed E-state index contributed by atoms with van der Waals surface area (Å²) in [6.07, 6.45) is 0. The Bertz CT molecular complexity index is 6370. The standard InChI is InChI=1S/C98H60N6O2/c1-4-26-61(27-5-1)62-50-52-65(53-51-62)93-99-91(63-28-6-2-7-29-63)101-95(103-93)75-38-12-10-35-71(75)68-55-57-89-85(60-68)98(82-46-21-23-49-87(82)106-89)80-44-19-16-40-77(80)90-72(41-25-47-83(90)98)66-32-24-33-69(58-66)94-100-92(64-30-8-3-9-31-64)102-96(104-94)76-39-13-11-34-70(76)67-54-56-88-84(59-67)97(81-45-20-22-48-86(81)105-88)78-42-17-14-36-73(78)74-37-15-18-43-79(74)97/h1-60H. The summed E-state index contributed by atoms with van der Waals surface area (Å²) in [6.45, 7) is 0. The van der Waals surface area contributed by atoms with Crippen LogP contribution in [0.3, 0.4) is 0 Å². The lowest BCUT2D eigenvalue weighted by atomic mass is 9.65. The van der Waals surface area contributed by atoms with Crippen LogP contribution >= 0.6 is 0 Å². The highest BCUT2D eigenvalue weighted by molar-refractivity contribution is 5.98. The Hall–Kier alpha value is -14.1. The van der Waals surface area contributed by atoms with Crippen molar-refractivity contribution in [3.05, 3.63) is 408 Å². The van der Waals surface area contributed by atoms with Crippen LogP contribution in [0.5, 0.6) is 23.0 Å². The van der Waals surface area contributed by atoms with Crippen molar-refractivity contribution in [2.45, 2.75) is 10.8 Å². The molecule has 2 aliphatic carbocycles. The van der Waals surface area contributed by atoms with Gasteiger partial charge in [-0.2, -0.15) is 0 Å². The van der Waals surface area contributed by atoms with E-state index in [4.69, 9.17) is 39.4 Å². The average Bonchev–Trinajstić information content (AvgIpc) is 1.50. The molecule has 0 saturated carbocycles. The van der Waals surface area contributed by atoms with Crippen LogP contribution in [-0.2, 0) is 10.8 Å². The van der Waals surface area contributed by atoms with E-state index in [2.05, 4.69) is 322 Å². The van der Waals surface area contributed by atoms with Gasteiger partial charge in [-0.05, 0) is 131 Å². The van der Waals surface area contributed by atoms with Crippen LogP contribution in [0.2, 0.25) is 0 Å². The van der Waals surface area contributed by atoms with Gasteiger partial charge in [-0.15, -0.1) is 0 Å². The first-order valence-corrected chi connectivity index (χ1v) is 35.9. The number of benzene rings is 15. The maximum absolute atomic E-state index is 7.08. The molecular formula is C98H60N6O2. The van der Waals surface area contributed by atoms with E-state index in [1.54, 1.807) is 0 Å². The van der Waals surface area contributed by atoms with Gasteiger partial charge in [0.1, 0.15) is 23.0 Å². The van der Waals surface area contributed by atoms with Gasteiger partial charge in [0.25, 0.3) is 0 Å². The Morgan fingerprint density at radius 1 is 0.160 bits per heavy atom.